The van der Waals surface area contributed by atoms with Crippen LogP contribution in [0.5, 0.6) is 0 Å². The maximum Gasteiger partial charge on any atom is 0.508 e. The molecular formula is C46H63B2O4S4+. The van der Waals surface area contributed by atoms with Crippen molar-refractivity contribution in [1.29, 1.82) is 0 Å². The topological polar surface area (TPSA) is 36.9 Å². The van der Waals surface area contributed by atoms with Crippen LogP contribution in [-0.2, 0) is 31.5 Å². The zero-order chi connectivity index (χ0) is 40.2. The van der Waals surface area contributed by atoms with E-state index in [4.69, 9.17) is 18.6 Å². The number of hydrogen-bond donors (Lipinski definition) is 0. The average Bonchev–Trinajstić information content (AvgIpc) is 3.99. The molecule has 10 heteroatoms. The second-order valence-electron chi connectivity index (χ2n) is 18.2. The van der Waals surface area contributed by atoms with E-state index < -0.39 is 36.6 Å². The largest absolute Gasteiger partial charge is 0.508 e. The molecule has 2 fully saturated rings. The van der Waals surface area contributed by atoms with Gasteiger partial charge in [-0.3, -0.25) is 0 Å². The highest BCUT2D eigenvalue weighted by molar-refractivity contribution is 7.31. The van der Waals surface area contributed by atoms with E-state index in [1.54, 1.807) is 0 Å². The van der Waals surface area contributed by atoms with Crippen molar-refractivity contribution in [3.63, 3.8) is 0 Å². The van der Waals surface area contributed by atoms with Crippen LogP contribution in [0.25, 0.3) is 41.1 Å². The van der Waals surface area contributed by atoms with Crippen molar-refractivity contribution < 1.29 is 18.6 Å². The second-order valence-corrected chi connectivity index (χ2v) is 22.7. The van der Waals surface area contributed by atoms with Gasteiger partial charge >= 0.3 is 14.2 Å². The third-order valence-electron chi connectivity index (χ3n) is 13.1. The molecule has 4 nitrogen and oxygen atoms in total. The highest BCUT2D eigenvalue weighted by Crippen LogP contribution is 2.51. The Morgan fingerprint density at radius 2 is 0.982 bits per heavy atom. The number of hydrogen-bond acceptors (Lipinski definition) is 8. The Labute approximate surface area is 354 Å². The van der Waals surface area contributed by atoms with E-state index >= 15 is 0 Å². The van der Waals surface area contributed by atoms with E-state index in [1.165, 1.54) is 102 Å². The van der Waals surface area contributed by atoms with Gasteiger partial charge in [-0.25, -0.2) is 0 Å². The lowest BCUT2D eigenvalue weighted by Crippen LogP contribution is -2.42. The van der Waals surface area contributed by atoms with E-state index in [2.05, 4.69) is 113 Å². The van der Waals surface area contributed by atoms with E-state index in [0.29, 0.717) is 11.8 Å². The smallest absolute Gasteiger partial charge is 0.399 e. The summed E-state index contributed by atoms with van der Waals surface area (Å²) >= 11 is 7.62. The van der Waals surface area contributed by atoms with E-state index in [9.17, 15) is 0 Å². The van der Waals surface area contributed by atoms with Crippen LogP contribution < -0.4 is 9.55 Å². The van der Waals surface area contributed by atoms with Gasteiger partial charge in [0.2, 0.25) is 5.60 Å². The van der Waals surface area contributed by atoms with Crippen molar-refractivity contribution in [2.75, 3.05) is 0 Å². The molecule has 2 aliphatic rings. The second kappa shape index (κ2) is 16.4. The van der Waals surface area contributed by atoms with Gasteiger partial charge in [0, 0.05) is 67.3 Å². The molecular weight excluding hydrogens is 766 g/mol. The van der Waals surface area contributed by atoms with Gasteiger partial charge in [-0.1, -0.05) is 79.1 Å². The molecule has 0 radical (unpaired) electrons. The van der Waals surface area contributed by atoms with Crippen molar-refractivity contribution in [1.82, 2.24) is 0 Å². The monoisotopic (exact) mass is 829 g/mol. The minimum absolute atomic E-state index is 0.418. The predicted octanol–water partition coefficient (Wildman–Crippen LogP) is 13.5. The molecule has 3 atom stereocenters. The summed E-state index contributed by atoms with van der Waals surface area (Å²) in [5, 5.41) is 2.55. The Hall–Kier alpha value is -1.62. The molecule has 56 heavy (non-hydrogen) atoms. The molecule has 5 aromatic rings. The fraction of sp³-hybridized carbons (Fsp3) is 0.587. The summed E-state index contributed by atoms with van der Waals surface area (Å²) in [6.45, 7) is 28.5. The number of unbranched alkanes of at least 4 members (excludes halogenated alkanes) is 2. The van der Waals surface area contributed by atoms with Gasteiger partial charge in [0.1, 0.15) is 5.60 Å². The summed E-state index contributed by atoms with van der Waals surface area (Å²) < 4.78 is 31.5. The van der Waals surface area contributed by atoms with Gasteiger partial charge < -0.3 is 18.6 Å². The molecule has 0 aliphatic carbocycles. The van der Waals surface area contributed by atoms with E-state index in [1.807, 2.05) is 52.3 Å². The fourth-order valence-corrected chi connectivity index (χ4v) is 13.0. The summed E-state index contributed by atoms with van der Waals surface area (Å²) in [5.41, 5.74) is 0.597. The maximum atomic E-state index is 6.72. The number of thiophene rings is 4. The van der Waals surface area contributed by atoms with Crippen LogP contribution in [0.3, 0.4) is 0 Å². The first kappa shape index (κ1) is 42.5. The van der Waals surface area contributed by atoms with Gasteiger partial charge in [0.15, 0.2) is 0 Å². The molecule has 3 unspecified atom stereocenters. The quantitative estimate of drug-likeness (QED) is 0.0733. The van der Waals surface area contributed by atoms with Crippen LogP contribution in [0.2, 0.25) is 0 Å². The van der Waals surface area contributed by atoms with E-state index in [0.717, 1.165) is 22.4 Å². The molecule has 1 aromatic carbocycles. The van der Waals surface area contributed by atoms with Crippen LogP contribution in [0.15, 0.2) is 36.4 Å². The summed E-state index contributed by atoms with van der Waals surface area (Å²) in [7, 11) is -0.899. The molecule has 0 saturated carbocycles. The predicted molar refractivity (Wildman–Crippen MR) is 249 cm³/mol. The number of fused-ring (bicyclic) bond motifs is 2. The normalized spacial score (nSPS) is 21.6. The van der Waals surface area contributed by atoms with Crippen molar-refractivity contribution in [3.05, 3.63) is 53.1 Å². The lowest BCUT2D eigenvalue weighted by Gasteiger charge is -2.32. The molecule has 0 spiro atoms. The van der Waals surface area contributed by atoms with Gasteiger partial charge in [-0.05, 0) is 103 Å². The maximum absolute atomic E-state index is 6.72. The first-order valence-electron chi connectivity index (χ1n) is 21.3. The summed E-state index contributed by atoms with van der Waals surface area (Å²) in [5.74, 6) is 1.43. The SMILES string of the molecule is [CH2+]C1(C)OB(c2cc3c(-c4ccc(CC(CC)CCCC)s4)c4sc(B5OC(C)(C)C(C)(C)O5)cc4c(-c4ccc(CC(CC)CCCC)s4)c3s2)OC1(C)C. The van der Waals surface area contributed by atoms with Crippen molar-refractivity contribution in [2.45, 2.75) is 163 Å². The summed E-state index contributed by atoms with van der Waals surface area (Å²) in [4.78, 5) is 5.59. The fourth-order valence-electron chi connectivity index (χ4n) is 8.10. The number of rotatable bonds is 16. The summed E-state index contributed by atoms with van der Waals surface area (Å²) in [6, 6.07) is 14.3. The van der Waals surface area contributed by atoms with Crippen LogP contribution >= 0.6 is 45.3 Å². The van der Waals surface area contributed by atoms with Gasteiger partial charge in [0.25, 0.3) is 0 Å². The molecule has 7 rings (SSSR count). The molecule has 300 valence electrons. The minimum atomic E-state index is -0.663. The Bertz CT molecular complexity index is 1900. The van der Waals surface area contributed by atoms with Crippen LogP contribution in [0.1, 0.15) is 137 Å². The van der Waals surface area contributed by atoms with Crippen LogP contribution in [-0.4, -0.2) is 36.6 Å². The molecule has 2 aliphatic heterocycles. The molecule has 0 bridgehead atoms. The first-order valence-corrected chi connectivity index (χ1v) is 24.6. The van der Waals surface area contributed by atoms with Crippen molar-refractivity contribution in [3.8, 4) is 20.9 Å². The lowest BCUT2D eigenvalue weighted by atomic mass is 9.86. The molecule has 2 saturated heterocycles. The Morgan fingerprint density at radius 3 is 1.36 bits per heavy atom. The zero-order valence-corrected chi connectivity index (χ0v) is 39.1. The van der Waals surface area contributed by atoms with Crippen LogP contribution in [0.4, 0.5) is 0 Å². The average molecular weight is 830 g/mol. The highest BCUT2D eigenvalue weighted by Gasteiger charge is 2.58. The standard InChI is InChI=1S/C46H63B2O4S4/c1-13-17-19-29(15-3)25-31-21-23-35(53-31)39-33-27-37(47-49-43(5,6)44(7,8)50-47)56-42(33)40(36-24-22-32(54-36)26-30(16-4)20-18-14-2)34-28-38(55-41(34)39)48-51-45(9,10)46(11,12)52-48/h21-24,27-30H,5,13-20,25-26H2,1-4,6-12H3/q+1. The number of benzene rings is 1. The molecule has 0 amide bonds. The lowest BCUT2D eigenvalue weighted by molar-refractivity contribution is 0.00578. The zero-order valence-electron chi connectivity index (χ0n) is 35.8. The van der Waals surface area contributed by atoms with E-state index in [-0.39, 0.29) is 0 Å². The van der Waals surface area contributed by atoms with Crippen LogP contribution in [0, 0.1) is 18.8 Å². The molecule has 4 aromatic heterocycles. The molecule has 6 heterocycles. The Balaban J connectivity index is 1.43. The Morgan fingerprint density at radius 1 is 0.571 bits per heavy atom. The van der Waals surface area contributed by atoms with Crippen molar-refractivity contribution in [2.24, 2.45) is 11.8 Å². The van der Waals surface area contributed by atoms with Crippen molar-refractivity contribution >= 4 is 89.3 Å². The minimum Gasteiger partial charge on any atom is -0.399 e. The van der Waals surface area contributed by atoms with Gasteiger partial charge in [-0.2, -0.15) is 0 Å². The first-order chi connectivity index (χ1) is 26.5. The van der Waals surface area contributed by atoms with Gasteiger partial charge in [-0.15, -0.1) is 45.3 Å². The summed E-state index contributed by atoms with van der Waals surface area (Å²) in [6.07, 6.45) is 12.4. The Kier molecular flexibility index (Phi) is 12.5. The third kappa shape index (κ3) is 8.13. The van der Waals surface area contributed by atoms with Gasteiger partial charge in [0.05, 0.1) is 18.1 Å². The third-order valence-corrected chi connectivity index (χ3v) is 17.7. The molecule has 0 N–H and O–H groups in total. The highest BCUT2D eigenvalue weighted by atomic mass is 32.1.